The first-order valence-corrected chi connectivity index (χ1v) is 4.02. The van der Waals surface area contributed by atoms with Crippen molar-refractivity contribution in [2.24, 2.45) is 5.16 Å². The van der Waals surface area contributed by atoms with Gasteiger partial charge in [-0.1, -0.05) is 36.3 Å². The van der Waals surface area contributed by atoms with Gasteiger partial charge in [-0.05, 0) is 17.5 Å². The molecule has 0 aliphatic carbocycles. The van der Waals surface area contributed by atoms with Crippen LogP contribution in [0.5, 0.6) is 0 Å². The third kappa shape index (κ3) is 2.38. The monoisotopic (exact) mass is 163 g/mol. The lowest BCUT2D eigenvalue weighted by Crippen LogP contribution is -1.85. The highest BCUT2D eigenvalue weighted by Gasteiger charge is 1.90. The van der Waals surface area contributed by atoms with Crippen LogP contribution in [0.3, 0.4) is 0 Å². The van der Waals surface area contributed by atoms with Crippen LogP contribution in [0.1, 0.15) is 18.1 Å². The van der Waals surface area contributed by atoms with E-state index in [0.717, 1.165) is 12.0 Å². The predicted octanol–water partition coefficient (Wildman–Crippen LogP) is 2.23. The van der Waals surface area contributed by atoms with Crippen LogP contribution >= 0.6 is 0 Å². The summed E-state index contributed by atoms with van der Waals surface area (Å²) < 4.78 is 0. The molecule has 0 heterocycles. The summed E-state index contributed by atoms with van der Waals surface area (Å²) in [6, 6.07) is 8.23. The summed E-state index contributed by atoms with van der Waals surface area (Å²) in [6.07, 6.45) is 2.76. The van der Waals surface area contributed by atoms with Crippen molar-refractivity contribution >= 4 is 6.21 Å². The van der Waals surface area contributed by atoms with E-state index in [4.69, 9.17) is 0 Å². The van der Waals surface area contributed by atoms with Crippen molar-refractivity contribution < 1.29 is 4.84 Å². The Morgan fingerprint density at radius 1 is 1.50 bits per heavy atom. The summed E-state index contributed by atoms with van der Waals surface area (Å²) in [5.74, 6) is 0. The van der Waals surface area contributed by atoms with E-state index in [1.54, 1.807) is 13.3 Å². The number of hydrogen-bond donors (Lipinski definition) is 0. The molecule has 12 heavy (non-hydrogen) atoms. The van der Waals surface area contributed by atoms with Crippen LogP contribution in [0.25, 0.3) is 0 Å². The van der Waals surface area contributed by atoms with Gasteiger partial charge in [0, 0.05) is 0 Å². The van der Waals surface area contributed by atoms with Gasteiger partial charge in [-0.3, -0.25) is 0 Å². The minimum absolute atomic E-state index is 1.05. The largest absolute Gasteiger partial charge is 0.399 e. The summed E-state index contributed by atoms with van der Waals surface area (Å²) in [5, 5.41) is 3.69. The fourth-order valence-electron chi connectivity index (χ4n) is 1.01. The first-order valence-electron chi connectivity index (χ1n) is 4.02. The Balaban J connectivity index is 2.79. The van der Waals surface area contributed by atoms with E-state index in [9.17, 15) is 0 Å². The lowest BCUT2D eigenvalue weighted by atomic mass is 10.1. The van der Waals surface area contributed by atoms with E-state index in [-0.39, 0.29) is 0 Å². The first-order chi connectivity index (χ1) is 5.86. The molecule has 0 saturated heterocycles. The van der Waals surface area contributed by atoms with Gasteiger partial charge in [0.25, 0.3) is 0 Å². The van der Waals surface area contributed by atoms with E-state index in [1.807, 2.05) is 12.1 Å². The second-order valence-electron chi connectivity index (χ2n) is 2.52. The van der Waals surface area contributed by atoms with Gasteiger partial charge in [-0.2, -0.15) is 0 Å². The molecule has 0 unspecified atom stereocenters. The normalized spacial score (nSPS) is 10.5. The number of rotatable bonds is 3. The molecule has 0 aromatic heterocycles. The predicted molar refractivity (Wildman–Crippen MR) is 50.4 cm³/mol. The highest BCUT2D eigenvalue weighted by molar-refractivity contribution is 5.79. The molecule has 1 aromatic carbocycles. The van der Waals surface area contributed by atoms with Crippen molar-refractivity contribution in [2.45, 2.75) is 13.3 Å². The third-order valence-electron chi connectivity index (χ3n) is 1.67. The van der Waals surface area contributed by atoms with Crippen molar-refractivity contribution in [1.29, 1.82) is 0 Å². The molecule has 0 atom stereocenters. The zero-order chi connectivity index (χ0) is 8.81. The second kappa shape index (κ2) is 4.54. The summed E-state index contributed by atoms with van der Waals surface area (Å²) in [6.45, 7) is 2.13. The van der Waals surface area contributed by atoms with Gasteiger partial charge in [0.1, 0.15) is 7.11 Å². The van der Waals surface area contributed by atoms with Crippen molar-refractivity contribution in [3.8, 4) is 0 Å². The molecule has 2 heteroatoms. The van der Waals surface area contributed by atoms with E-state index >= 15 is 0 Å². The van der Waals surface area contributed by atoms with Crippen LogP contribution in [-0.4, -0.2) is 13.3 Å². The molecule has 1 rings (SSSR count). The molecule has 0 aliphatic heterocycles. The van der Waals surface area contributed by atoms with Gasteiger partial charge in [0.2, 0.25) is 0 Å². The lowest BCUT2D eigenvalue weighted by molar-refractivity contribution is 0.215. The standard InChI is InChI=1S/C10H13NO/c1-3-9-5-4-6-10(7-9)8-11-12-2/h4-8H,3H2,1-2H3/b11-8-. The zero-order valence-corrected chi connectivity index (χ0v) is 7.45. The average molecular weight is 163 g/mol. The Labute approximate surface area is 72.9 Å². The third-order valence-corrected chi connectivity index (χ3v) is 1.67. The molecule has 1 aromatic rings. The van der Waals surface area contributed by atoms with Crippen LogP contribution in [0.15, 0.2) is 29.4 Å². The van der Waals surface area contributed by atoms with Crippen molar-refractivity contribution in [2.75, 3.05) is 7.11 Å². The van der Waals surface area contributed by atoms with Gasteiger partial charge in [0.05, 0.1) is 6.21 Å². The Morgan fingerprint density at radius 2 is 2.33 bits per heavy atom. The number of oxime groups is 1. The van der Waals surface area contributed by atoms with E-state index in [1.165, 1.54) is 5.56 Å². The Morgan fingerprint density at radius 3 is 3.00 bits per heavy atom. The smallest absolute Gasteiger partial charge is 0.106 e. The van der Waals surface area contributed by atoms with E-state index < -0.39 is 0 Å². The molecule has 0 fully saturated rings. The molecular formula is C10H13NO. The van der Waals surface area contributed by atoms with Crippen molar-refractivity contribution in [3.63, 3.8) is 0 Å². The van der Waals surface area contributed by atoms with Gasteiger partial charge >= 0.3 is 0 Å². The number of aryl methyl sites for hydroxylation is 1. The van der Waals surface area contributed by atoms with Crippen LogP contribution in [0, 0.1) is 0 Å². The molecular weight excluding hydrogens is 150 g/mol. The average Bonchev–Trinajstić information content (AvgIpc) is 2.15. The van der Waals surface area contributed by atoms with Crippen LogP contribution < -0.4 is 0 Å². The summed E-state index contributed by atoms with van der Waals surface area (Å²) in [4.78, 5) is 4.59. The first kappa shape index (κ1) is 8.78. The Bertz CT molecular complexity index is 268. The number of nitrogens with zero attached hydrogens (tertiary/aromatic N) is 1. The topological polar surface area (TPSA) is 21.6 Å². The van der Waals surface area contributed by atoms with Gasteiger partial charge in [0.15, 0.2) is 0 Å². The minimum Gasteiger partial charge on any atom is -0.399 e. The fourth-order valence-corrected chi connectivity index (χ4v) is 1.01. The molecule has 0 spiro atoms. The van der Waals surface area contributed by atoms with Crippen molar-refractivity contribution in [1.82, 2.24) is 0 Å². The van der Waals surface area contributed by atoms with E-state index in [2.05, 4.69) is 29.0 Å². The van der Waals surface area contributed by atoms with Crippen LogP contribution in [-0.2, 0) is 11.3 Å². The Kier molecular flexibility index (Phi) is 3.33. The lowest BCUT2D eigenvalue weighted by Gasteiger charge is -1.96. The maximum atomic E-state index is 4.59. The minimum atomic E-state index is 1.05. The highest BCUT2D eigenvalue weighted by Crippen LogP contribution is 2.03. The fraction of sp³-hybridized carbons (Fsp3) is 0.300. The molecule has 0 radical (unpaired) electrons. The second-order valence-corrected chi connectivity index (χ2v) is 2.52. The quantitative estimate of drug-likeness (QED) is 0.494. The number of hydrogen-bond acceptors (Lipinski definition) is 2. The van der Waals surface area contributed by atoms with Gasteiger partial charge in [-0.15, -0.1) is 0 Å². The molecule has 2 nitrogen and oxygen atoms in total. The molecule has 0 aliphatic rings. The SMILES string of the molecule is CCc1cccc(/C=N\OC)c1. The summed E-state index contributed by atoms with van der Waals surface area (Å²) >= 11 is 0. The van der Waals surface area contributed by atoms with Crippen LogP contribution in [0.2, 0.25) is 0 Å². The molecule has 0 bridgehead atoms. The molecule has 0 amide bonds. The highest BCUT2D eigenvalue weighted by atomic mass is 16.6. The summed E-state index contributed by atoms with van der Waals surface area (Å²) in [5.41, 5.74) is 2.39. The van der Waals surface area contributed by atoms with E-state index in [0.29, 0.717) is 0 Å². The van der Waals surface area contributed by atoms with Crippen molar-refractivity contribution in [3.05, 3.63) is 35.4 Å². The molecule has 0 saturated carbocycles. The zero-order valence-electron chi connectivity index (χ0n) is 7.45. The Hall–Kier alpha value is -1.31. The van der Waals surface area contributed by atoms with Crippen LogP contribution in [0.4, 0.5) is 0 Å². The maximum Gasteiger partial charge on any atom is 0.106 e. The summed E-state index contributed by atoms with van der Waals surface area (Å²) in [7, 11) is 1.54. The molecule has 64 valence electrons. The molecule has 0 N–H and O–H groups in total. The van der Waals surface area contributed by atoms with Gasteiger partial charge in [-0.25, -0.2) is 0 Å². The van der Waals surface area contributed by atoms with Gasteiger partial charge < -0.3 is 4.84 Å². The maximum absolute atomic E-state index is 4.59. The number of benzene rings is 1.